The Balaban J connectivity index is 2.59. The fourth-order valence-electron chi connectivity index (χ4n) is 1.61. The van der Waals surface area contributed by atoms with Gasteiger partial charge < -0.3 is 20.5 Å². The van der Waals surface area contributed by atoms with E-state index >= 15 is 0 Å². The van der Waals surface area contributed by atoms with Crippen LogP contribution in [0.3, 0.4) is 0 Å². The second-order valence-corrected chi connectivity index (χ2v) is 6.01. The first-order valence-corrected chi connectivity index (χ1v) is 7.65. The molecule has 0 bridgehead atoms. The molecule has 0 aromatic heterocycles. The Bertz CT molecular complexity index is 446. The summed E-state index contributed by atoms with van der Waals surface area (Å²) in [6.45, 7) is 2.70. The molecule has 5 nitrogen and oxygen atoms in total. The molecule has 0 spiro atoms. The van der Waals surface area contributed by atoms with Crippen molar-refractivity contribution in [3.63, 3.8) is 0 Å². The van der Waals surface area contributed by atoms with Gasteiger partial charge in [0.25, 0.3) is 5.91 Å². The van der Waals surface area contributed by atoms with Gasteiger partial charge >= 0.3 is 0 Å². The Morgan fingerprint density at radius 3 is 2.50 bits per heavy atom. The van der Waals surface area contributed by atoms with Crippen LogP contribution in [0.25, 0.3) is 0 Å². The fourth-order valence-corrected chi connectivity index (χ4v) is 3.12. The van der Waals surface area contributed by atoms with E-state index in [1.807, 2.05) is 19.1 Å². The lowest BCUT2D eigenvalue weighted by Crippen LogP contribution is -2.38. The van der Waals surface area contributed by atoms with Crippen LogP contribution in [0.4, 0.5) is 0 Å². The highest BCUT2D eigenvalue weighted by molar-refractivity contribution is 9.11. The zero-order chi connectivity index (χ0) is 15.1. The molecule has 0 heterocycles. The second kappa shape index (κ2) is 8.61. The van der Waals surface area contributed by atoms with E-state index in [9.17, 15) is 4.79 Å². The van der Waals surface area contributed by atoms with Crippen molar-refractivity contribution >= 4 is 37.8 Å². The van der Waals surface area contributed by atoms with E-state index in [0.717, 1.165) is 14.5 Å². The van der Waals surface area contributed by atoms with Crippen LogP contribution in [0.2, 0.25) is 0 Å². The Labute approximate surface area is 135 Å². The number of ether oxygens (including phenoxy) is 2. The van der Waals surface area contributed by atoms with Crippen LogP contribution >= 0.6 is 31.9 Å². The molecular formula is C13H18Br2N2O3. The van der Waals surface area contributed by atoms with Crippen LogP contribution in [0, 0.1) is 0 Å². The summed E-state index contributed by atoms with van der Waals surface area (Å²) in [4.78, 5) is 11.7. The number of methoxy groups -OCH3 is 1. The molecule has 0 saturated carbocycles. The third-order valence-electron chi connectivity index (χ3n) is 2.47. The van der Waals surface area contributed by atoms with Gasteiger partial charge in [-0.15, -0.1) is 0 Å². The maximum atomic E-state index is 11.7. The van der Waals surface area contributed by atoms with E-state index in [2.05, 4.69) is 37.2 Å². The quantitative estimate of drug-likeness (QED) is 0.723. The lowest BCUT2D eigenvalue weighted by atomic mass is 10.2. The molecular weight excluding hydrogens is 392 g/mol. The summed E-state index contributed by atoms with van der Waals surface area (Å²) in [5, 5.41) is 2.77. The average Bonchev–Trinajstić information content (AvgIpc) is 2.37. The van der Waals surface area contributed by atoms with Gasteiger partial charge in [-0.05, 0) is 56.5 Å². The van der Waals surface area contributed by atoms with Gasteiger partial charge in [-0.1, -0.05) is 0 Å². The lowest BCUT2D eigenvalue weighted by Gasteiger charge is -2.15. The van der Waals surface area contributed by atoms with Gasteiger partial charge in [-0.3, -0.25) is 4.79 Å². The standard InChI is InChI=1S/C13H18Br2N2O3/c1-8(6-19-2)17-12(18)7-20-13-10(14)3-9(5-16)4-11(13)15/h3-4,8H,5-7,16H2,1-2H3,(H,17,18). The van der Waals surface area contributed by atoms with Crippen LogP contribution in [0.5, 0.6) is 5.75 Å². The summed E-state index contributed by atoms with van der Waals surface area (Å²) < 4.78 is 12.0. The number of nitrogens with one attached hydrogen (secondary N) is 1. The van der Waals surface area contributed by atoms with E-state index in [0.29, 0.717) is 18.9 Å². The van der Waals surface area contributed by atoms with E-state index in [-0.39, 0.29) is 18.6 Å². The Hall–Kier alpha value is -0.630. The summed E-state index contributed by atoms with van der Waals surface area (Å²) in [7, 11) is 1.59. The number of rotatable bonds is 7. The number of benzene rings is 1. The molecule has 1 unspecified atom stereocenters. The van der Waals surface area contributed by atoms with Crippen LogP contribution < -0.4 is 15.8 Å². The van der Waals surface area contributed by atoms with Crippen molar-refractivity contribution in [2.45, 2.75) is 19.5 Å². The van der Waals surface area contributed by atoms with Gasteiger partial charge in [-0.2, -0.15) is 0 Å². The molecule has 7 heteroatoms. The minimum absolute atomic E-state index is 0.0532. The molecule has 0 fully saturated rings. The van der Waals surface area contributed by atoms with Crippen molar-refractivity contribution in [3.05, 3.63) is 26.6 Å². The maximum absolute atomic E-state index is 11.7. The number of hydrogen-bond acceptors (Lipinski definition) is 4. The summed E-state index contributed by atoms with van der Waals surface area (Å²) in [6.07, 6.45) is 0. The molecule has 20 heavy (non-hydrogen) atoms. The van der Waals surface area contributed by atoms with Crippen molar-refractivity contribution in [1.82, 2.24) is 5.32 Å². The first-order chi connectivity index (χ1) is 9.47. The van der Waals surface area contributed by atoms with Crippen molar-refractivity contribution < 1.29 is 14.3 Å². The van der Waals surface area contributed by atoms with Gasteiger partial charge in [0.2, 0.25) is 0 Å². The van der Waals surface area contributed by atoms with Gasteiger partial charge in [0.15, 0.2) is 6.61 Å². The maximum Gasteiger partial charge on any atom is 0.258 e. The molecule has 1 rings (SSSR count). The molecule has 1 aromatic rings. The highest BCUT2D eigenvalue weighted by Crippen LogP contribution is 2.34. The number of hydrogen-bond donors (Lipinski definition) is 2. The first-order valence-electron chi connectivity index (χ1n) is 6.07. The van der Waals surface area contributed by atoms with Crippen LogP contribution in [0.15, 0.2) is 21.1 Å². The third-order valence-corrected chi connectivity index (χ3v) is 3.64. The number of nitrogens with two attached hydrogens (primary N) is 1. The van der Waals surface area contributed by atoms with Crippen molar-refractivity contribution in [2.75, 3.05) is 20.3 Å². The minimum atomic E-state index is -0.198. The van der Waals surface area contributed by atoms with Crippen LogP contribution in [-0.2, 0) is 16.1 Å². The number of amides is 1. The van der Waals surface area contributed by atoms with E-state index in [1.165, 1.54) is 0 Å². The monoisotopic (exact) mass is 408 g/mol. The zero-order valence-corrected chi connectivity index (χ0v) is 14.6. The third kappa shape index (κ3) is 5.40. The predicted molar refractivity (Wildman–Crippen MR) is 84.7 cm³/mol. The minimum Gasteiger partial charge on any atom is -0.481 e. The highest BCUT2D eigenvalue weighted by atomic mass is 79.9. The molecule has 1 aromatic carbocycles. The number of carbonyl (C=O) groups excluding carboxylic acids is 1. The average molecular weight is 410 g/mol. The zero-order valence-electron chi connectivity index (χ0n) is 11.4. The lowest BCUT2D eigenvalue weighted by molar-refractivity contribution is -0.124. The molecule has 0 aliphatic heterocycles. The Morgan fingerprint density at radius 2 is 2.00 bits per heavy atom. The molecule has 0 aliphatic carbocycles. The van der Waals surface area contributed by atoms with Gasteiger partial charge in [0, 0.05) is 19.7 Å². The smallest absolute Gasteiger partial charge is 0.258 e. The molecule has 1 amide bonds. The summed E-state index contributed by atoms with van der Waals surface area (Å²) in [5.41, 5.74) is 6.55. The largest absolute Gasteiger partial charge is 0.481 e. The summed E-state index contributed by atoms with van der Waals surface area (Å²) in [5.74, 6) is 0.382. The van der Waals surface area contributed by atoms with Crippen molar-refractivity contribution in [3.8, 4) is 5.75 Å². The molecule has 112 valence electrons. The van der Waals surface area contributed by atoms with Crippen molar-refractivity contribution in [1.29, 1.82) is 0 Å². The fraction of sp³-hybridized carbons (Fsp3) is 0.462. The number of halogens is 2. The molecule has 0 saturated heterocycles. The molecule has 0 aliphatic rings. The van der Waals surface area contributed by atoms with E-state index in [4.69, 9.17) is 15.2 Å². The topological polar surface area (TPSA) is 73.6 Å². The van der Waals surface area contributed by atoms with E-state index < -0.39 is 0 Å². The first kappa shape index (κ1) is 17.4. The molecule has 1 atom stereocenters. The van der Waals surface area contributed by atoms with Crippen molar-refractivity contribution in [2.24, 2.45) is 5.73 Å². The Morgan fingerprint density at radius 1 is 1.40 bits per heavy atom. The predicted octanol–water partition coefficient (Wildman–Crippen LogP) is 2.20. The summed E-state index contributed by atoms with van der Waals surface area (Å²) >= 11 is 6.80. The van der Waals surface area contributed by atoms with Gasteiger partial charge in [0.05, 0.1) is 15.6 Å². The van der Waals surface area contributed by atoms with Gasteiger partial charge in [-0.25, -0.2) is 0 Å². The molecule has 3 N–H and O–H groups in total. The normalized spacial score (nSPS) is 12.1. The Kier molecular flexibility index (Phi) is 7.50. The highest BCUT2D eigenvalue weighted by Gasteiger charge is 2.12. The number of carbonyl (C=O) groups is 1. The van der Waals surface area contributed by atoms with Crippen LogP contribution in [-0.4, -0.2) is 32.3 Å². The second-order valence-electron chi connectivity index (χ2n) is 4.31. The van der Waals surface area contributed by atoms with Gasteiger partial charge in [0.1, 0.15) is 5.75 Å². The SMILES string of the molecule is COCC(C)NC(=O)COc1c(Br)cc(CN)cc1Br. The van der Waals surface area contributed by atoms with Crippen LogP contribution in [0.1, 0.15) is 12.5 Å². The summed E-state index contributed by atoms with van der Waals surface area (Å²) in [6, 6.07) is 3.68. The molecule has 0 radical (unpaired) electrons. The van der Waals surface area contributed by atoms with E-state index in [1.54, 1.807) is 7.11 Å².